The van der Waals surface area contributed by atoms with E-state index in [2.05, 4.69) is 31.2 Å². The largest absolute Gasteiger partial charge is 0.368 e. The predicted molar refractivity (Wildman–Crippen MR) is 113 cm³/mol. The van der Waals surface area contributed by atoms with Gasteiger partial charge in [0.05, 0.1) is 11.0 Å². The Labute approximate surface area is 171 Å². The van der Waals surface area contributed by atoms with Crippen molar-refractivity contribution in [1.82, 2.24) is 25.1 Å². The van der Waals surface area contributed by atoms with Gasteiger partial charge in [0.2, 0.25) is 0 Å². The molecule has 1 amide bonds. The molecule has 0 radical (unpaired) electrons. The van der Waals surface area contributed by atoms with Crippen molar-refractivity contribution in [1.29, 1.82) is 0 Å². The second-order valence-electron chi connectivity index (χ2n) is 7.59. The van der Waals surface area contributed by atoms with E-state index in [0.717, 1.165) is 81.2 Å². The molecule has 8 nitrogen and oxygen atoms in total. The number of rotatable bonds is 5. The average Bonchev–Trinajstić information content (AvgIpc) is 3.43. The van der Waals surface area contributed by atoms with Gasteiger partial charge in [-0.3, -0.25) is 9.79 Å². The zero-order valence-electron chi connectivity index (χ0n) is 17.1. The van der Waals surface area contributed by atoms with Crippen LogP contribution in [0, 0.1) is 0 Å². The zero-order valence-corrected chi connectivity index (χ0v) is 17.1. The molecule has 0 spiro atoms. The minimum absolute atomic E-state index is 0.149. The third-order valence-corrected chi connectivity index (χ3v) is 5.62. The summed E-state index contributed by atoms with van der Waals surface area (Å²) < 4.78 is 5.54. The fourth-order valence-electron chi connectivity index (χ4n) is 4.03. The number of piperazine rings is 1. The number of nitrogens with one attached hydrogen (secondary N) is 2. The molecule has 1 aromatic heterocycles. The van der Waals surface area contributed by atoms with Crippen LogP contribution in [0.15, 0.2) is 29.3 Å². The molecular formula is C21H30N6O2. The number of imidazole rings is 1. The van der Waals surface area contributed by atoms with Gasteiger partial charge in [-0.25, -0.2) is 4.98 Å². The standard InChI is InChI=1S/C21H30N6O2/c1-22-21(23-10-4-9-19-24-16-6-2-3-7-17(16)25-19)27-13-11-26(12-14-27)20(28)18-8-5-15-29-18/h2-3,6-7,18H,4-5,8-15H2,1H3,(H,22,23)(H,24,25). The molecule has 29 heavy (non-hydrogen) atoms. The van der Waals surface area contributed by atoms with Gasteiger partial charge in [0.1, 0.15) is 11.9 Å². The molecule has 4 rings (SSSR count). The molecule has 2 fully saturated rings. The molecule has 156 valence electrons. The Morgan fingerprint density at radius 3 is 2.79 bits per heavy atom. The van der Waals surface area contributed by atoms with Crippen LogP contribution in [-0.2, 0) is 16.0 Å². The number of fused-ring (bicyclic) bond motifs is 1. The number of guanidine groups is 1. The highest BCUT2D eigenvalue weighted by molar-refractivity contribution is 5.82. The maximum absolute atomic E-state index is 12.5. The third-order valence-electron chi connectivity index (χ3n) is 5.62. The Balaban J connectivity index is 1.20. The van der Waals surface area contributed by atoms with E-state index in [4.69, 9.17) is 4.74 Å². The molecule has 2 aliphatic rings. The van der Waals surface area contributed by atoms with Gasteiger partial charge in [-0.05, 0) is 31.4 Å². The number of aromatic nitrogens is 2. The second kappa shape index (κ2) is 9.26. The first-order valence-corrected chi connectivity index (χ1v) is 10.5. The molecule has 8 heteroatoms. The number of hydrogen-bond donors (Lipinski definition) is 2. The lowest BCUT2D eigenvalue weighted by atomic mass is 10.2. The van der Waals surface area contributed by atoms with E-state index < -0.39 is 0 Å². The number of H-pyrrole nitrogens is 1. The van der Waals surface area contributed by atoms with Crippen molar-refractivity contribution in [3.63, 3.8) is 0 Å². The van der Waals surface area contributed by atoms with Gasteiger partial charge >= 0.3 is 0 Å². The van der Waals surface area contributed by atoms with Gasteiger partial charge < -0.3 is 24.8 Å². The van der Waals surface area contributed by atoms with Crippen molar-refractivity contribution in [2.45, 2.75) is 31.8 Å². The SMILES string of the molecule is CN=C(NCCCc1nc2ccccc2[nH]1)N1CCN(C(=O)C2CCCO2)CC1. The van der Waals surface area contributed by atoms with Gasteiger partial charge in [0.25, 0.3) is 5.91 Å². The Kier molecular flexibility index (Phi) is 6.29. The van der Waals surface area contributed by atoms with Crippen LogP contribution < -0.4 is 5.32 Å². The Hall–Kier alpha value is -2.61. The molecule has 2 aliphatic heterocycles. The lowest BCUT2D eigenvalue weighted by molar-refractivity contribution is -0.142. The Morgan fingerprint density at radius 2 is 2.07 bits per heavy atom. The van der Waals surface area contributed by atoms with Crippen LogP contribution in [0.3, 0.4) is 0 Å². The number of nitrogens with zero attached hydrogens (tertiary/aromatic N) is 4. The highest BCUT2D eigenvalue weighted by Crippen LogP contribution is 2.16. The summed E-state index contributed by atoms with van der Waals surface area (Å²) >= 11 is 0. The number of amides is 1. The molecule has 2 N–H and O–H groups in total. The van der Waals surface area contributed by atoms with Crippen LogP contribution in [0.5, 0.6) is 0 Å². The molecule has 0 bridgehead atoms. The van der Waals surface area contributed by atoms with E-state index in [1.807, 2.05) is 30.1 Å². The smallest absolute Gasteiger partial charge is 0.251 e. The van der Waals surface area contributed by atoms with E-state index in [-0.39, 0.29) is 12.0 Å². The van der Waals surface area contributed by atoms with Gasteiger partial charge in [0.15, 0.2) is 5.96 Å². The number of aliphatic imine (C=N–C) groups is 1. The van der Waals surface area contributed by atoms with Crippen LogP contribution in [-0.4, -0.2) is 84.1 Å². The van der Waals surface area contributed by atoms with Crippen molar-refractivity contribution >= 4 is 22.9 Å². The summed E-state index contributed by atoms with van der Waals surface area (Å²) in [5.74, 6) is 2.07. The summed E-state index contributed by atoms with van der Waals surface area (Å²) in [7, 11) is 1.81. The lowest BCUT2D eigenvalue weighted by Crippen LogP contribution is -2.55. The first-order chi connectivity index (χ1) is 14.2. The van der Waals surface area contributed by atoms with Crippen LogP contribution in [0.25, 0.3) is 11.0 Å². The van der Waals surface area contributed by atoms with Crippen molar-refractivity contribution in [2.24, 2.45) is 4.99 Å². The van der Waals surface area contributed by atoms with Crippen LogP contribution >= 0.6 is 0 Å². The number of carbonyl (C=O) groups is 1. The van der Waals surface area contributed by atoms with Crippen molar-refractivity contribution < 1.29 is 9.53 Å². The molecule has 3 heterocycles. The number of aryl methyl sites for hydroxylation is 1. The number of para-hydroxylation sites is 2. The normalized spacial score (nSPS) is 20.4. The molecule has 2 saturated heterocycles. The van der Waals surface area contributed by atoms with Crippen molar-refractivity contribution in [3.8, 4) is 0 Å². The second-order valence-corrected chi connectivity index (χ2v) is 7.59. The molecule has 2 aromatic rings. The quantitative estimate of drug-likeness (QED) is 0.452. The summed E-state index contributed by atoms with van der Waals surface area (Å²) in [4.78, 5) is 29.1. The lowest BCUT2D eigenvalue weighted by Gasteiger charge is -2.37. The number of benzene rings is 1. The van der Waals surface area contributed by atoms with Crippen molar-refractivity contribution in [3.05, 3.63) is 30.1 Å². The van der Waals surface area contributed by atoms with E-state index in [1.54, 1.807) is 0 Å². The predicted octanol–water partition coefficient (Wildman–Crippen LogP) is 1.39. The third kappa shape index (κ3) is 4.70. The number of hydrogen-bond acceptors (Lipinski definition) is 4. The first kappa shape index (κ1) is 19.7. The minimum Gasteiger partial charge on any atom is -0.368 e. The van der Waals surface area contributed by atoms with E-state index in [0.29, 0.717) is 6.61 Å². The summed E-state index contributed by atoms with van der Waals surface area (Å²) in [5.41, 5.74) is 2.10. The molecule has 0 saturated carbocycles. The number of aromatic amines is 1. The van der Waals surface area contributed by atoms with Crippen LogP contribution in [0.2, 0.25) is 0 Å². The van der Waals surface area contributed by atoms with Gasteiger partial charge in [-0.1, -0.05) is 12.1 Å². The highest BCUT2D eigenvalue weighted by Gasteiger charge is 2.30. The molecule has 1 atom stereocenters. The maximum atomic E-state index is 12.5. The Morgan fingerprint density at radius 1 is 1.28 bits per heavy atom. The zero-order chi connectivity index (χ0) is 20.1. The summed E-state index contributed by atoms with van der Waals surface area (Å²) in [6.45, 7) is 4.57. The van der Waals surface area contributed by atoms with Gasteiger partial charge in [0, 0.05) is 52.8 Å². The fourth-order valence-corrected chi connectivity index (χ4v) is 4.03. The van der Waals surface area contributed by atoms with E-state index in [9.17, 15) is 4.79 Å². The fraction of sp³-hybridized carbons (Fsp3) is 0.571. The molecule has 1 unspecified atom stereocenters. The molecular weight excluding hydrogens is 368 g/mol. The molecule has 0 aliphatic carbocycles. The maximum Gasteiger partial charge on any atom is 0.251 e. The summed E-state index contributed by atoms with van der Waals surface area (Å²) in [6.07, 6.45) is 3.48. The summed E-state index contributed by atoms with van der Waals surface area (Å²) in [6, 6.07) is 8.10. The van der Waals surface area contributed by atoms with E-state index in [1.165, 1.54) is 0 Å². The van der Waals surface area contributed by atoms with E-state index >= 15 is 0 Å². The Bertz CT molecular complexity index is 817. The van der Waals surface area contributed by atoms with Gasteiger partial charge in [-0.2, -0.15) is 0 Å². The van der Waals surface area contributed by atoms with Crippen LogP contribution in [0.1, 0.15) is 25.1 Å². The van der Waals surface area contributed by atoms with Gasteiger partial charge in [-0.15, -0.1) is 0 Å². The minimum atomic E-state index is -0.225. The highest BCUT2D eigenvalue weighted by atomic mass is 16.5. The average molecular weight is 399 g/mol. The van der Waals surface area contributed by atoms with Crippen LogP contribution in [0.4, 0.5) is 0 Å². The monoisotopic (exact) mass is 398 g/mol. The molecule has 1 aromatic carbocycles. The number of ether oxygens (including phenoxy) is 1. The number of carbonyl (C=O) groups excluding carboxylic acids is 1. The topological polar surface area (TPSA) is 85.9 Å². The summed E-state index contributed by atoms with van der Waals surface area (Å²) in [5, 5.41) is 3.45. The van der Waals surface area contributed by atoms with Crippen molar-refractivity contribution in [2.75, 3.05) is 46.4 Å². The first-order valence-electron chi connectivity index (χ1n) is 10.5.